The highest BCUT2D eigenvalue weighted by atomic mass is 32.1. The number of aromatic nitrogens is 1. The first-order valence-electron chi connectivity index (χ1n) is 9.45. The van der Waals surface area contributed by atoms with Crippen LogP contribution >= 0.6 is 11.3 Å². The van der Waals surface area contributed by atoms with Crippen molar-refractivity contribution < 1.29 is 13.9 Å². The van der Waals surface area contributed by atoms with Crippen LogP contribution in [-0.4, -0.2) is 42.1 Å². The molecule has 0 unspecified atom stereocenters. The Labute approximate surface area is 168 Å². The SMILES string of the molecule is O=C(CCc1ccc(-c2ccccc2)o1)Nc1nc(CN2CCOCC2)cs1. The lowest BCUT2D eigenvalue weighted by atomic mass is 10.2. The van der Waals surface area contributed by atoms with Crippen LogP contribution in [0.15, 0.2) is 52.3 Å². The summed E-state index contributed by atoms with van der Waals surface area (Å²) in [6, 6.07) is 13.8. The summed E-state index contributed by atoms with van der Waals surface area (Å²) in [7, 11) is 0. The lowest BCUT2D eigenvalue weighted by molar-refractivity contribution is -0.116. The second-order valence-corrected chi connectivity index (χ2v) is 7.57. The molecule has 4 rings (SSSR count). The van der Waals surface area contributed by atoms with Gasteiger partial charge in [-0.15, -0.1) is 11.3 Å². The molecule has 0 bridgehead atoms. The van der Waals surface area contributed by atoms with Gasteiger partial charge in [0.25, 0.3) is 0 Å². The zero-order valence-corrected chi connectivity index (χ0v) is 16.4. The number of hydrogen-bond acceptors (Lipinski definition) is 6. The summed E-state index contributed by atoms with van der Waals surface area (Å²) in [6.45, 7) is 4.18. The smallest absolute Gasteiger partial charge is 0.226 e. The number of nitrogens with one attached hydrogen (secondary N) is 1. The summed E-state index contributed by atoms with van der Waals surface area (Å²) >= 11 is 1.47. The van der Waals surface area contributed by atoms with Crippen molar-refractivity contribution in [2.24, 2.45) is 0 Å². The van der Waals surface area contributed by atoms with Gasteiger partial charge < -0.3 is 14.5 Å². The molecule has 1 aromatic carbocycles. The van der Waals surface area contributed by atoms with E-state index in [0.29, 0.717) is 18.0 Å². The van der Waals surface area contributed by atoms with Crippen LogP contribution in [0.3, 0.4) is 0 Å². The Morgan fingerprint density at radius 3 is 2.79 bits per heavy atom. The van der Waals surface area contributed by atoms with Crippen LogP contribution in [0.25, 0.3) is 11.3 Å². The van der Waals surface area contributed by atoms with E-state index in [9.17, 15) is 4.79 Å². The van der Waals surface area contributed by atoms with E-state index in [2.05, 4.69) is 15.2 Å². The fraction of sp³-hybridized carbons (Fsp3) is 0.333. The van der Waals surface area contributed by atoms with Gasteiger partial charge in [-0.05, 0) is 12.1 Å². The third-order valence-electron chi connectivity index (χ3n) is 4.61. The van der Waals surface area contributed by atoms with Gasteiger partial charge in [-0.1, -0.05) is 30.3 Å². The number of carbonyl (C=O) groups excluding carboxylic acids is 1. The molecule has 1 N–H and O–H groups in total. The van der Waals surface area contributed by atoms with E-state index in [1.807, 2.05) is 47.8 Å². The van der Waals surface area contributed by atoms with Gasteiger partial charge >= 0.3 is 0 Å². The maximum atomic E-state index is 12.2. The van der Waals surface area contributed by atoms with E-state index in [-0.39, 0.29) is 5.91 Å². The van der Waals surface area contributed by atoms with Crippen LogP contribution in [0.4, 0.5) is 5.13 Å². The first-order valence-corrected chi connectivity index (χ1v) is 10.3. The zero-order chi connectivity index (χ0) is 19.2. The van der Waals surface area contributed by atoms with Crippen LogP contribution in [0.2, 0.25) is 0 Å². The van der Waals surface area contributed by atoms with Gasteiger partial charge in [0, 0.05) is 43.4 Å². The average molecular weight is 398 g/mol. The van der Waals surface area contributed by atoms with Gasteiger partial charge in [0.2, 0.25) is 5.91 Å². The molecule has 1 amide bonds. The summed E-state index contributed by atoms with van der Waals surface area (Å²) in [4.78, 5) is 19.1. The predicted octanol–water partition coefficient (Wildman–Crippen LogP) is 3.81. The Hall–Kier alpha value is -2.48. The van der Waals surface area contributed by atoms with Crippen molar-refractivity contribution in [1.82, 2.24) is 9.88 Å². The highest BCUT2D eigenvalue weighted by Gasteiger charge is 2.14. The summed E-state index contributed by atoms with van der Waals surface area (Å²) in [6.07, 6.45) is 0.921. The molecule has 1 fully saturated rings. The summed E-state index contributed by atoms with van der Waals surface area (Å²) in [5.41, 5.74) is 2.02. The van der Waals surface area contributed by atoms with Gasteiger partial charge in [-0.3, -0.25) is 9.69 Å². The molecule has 28 heavy (non-hydrogen) atoms. The zero-order valence-electron chi connectivity index (χ0n) is 15.6. The number of nitrogens with zero attached hydrogens (tertiary/aromatic N) is 2. The molecule has 1 aliphatic heterocycles. The van der Waals surface area contributed by atoms with Gasteiger partial charge in [-0.2, -0.15) is 0 Å². The molecule has 1 aliphatic rings. The van der Waals surface area contributed by atoms with Crippen molar-refractivity contribution in [3.63, 3.8) is 0 Å². The number of amides is 1. The molecule has 146 valence electrons. The van der Waals surface area contributed by atoms with Crippen molar-refractivity contribution in [2.45, 2.75) is 19.4 Å². The fourth-order valence-corrected chi connectivity index (χ4v) is 3.83. The first-order chi connectivity index (χ1) is 13.8. The number of ether oxygens (including phenoxy) is 1. The first kappa shape index (κ1) is 18.9. The van der Waals surface area contributed by atoms with Crippen molar-refractivity contribution >= 4 is 22.4 Å². The van der Waals surface area contributed by atoms with Crippen LogP contribution in [0, 0.1) is 0 Å². The maximum Gasteiger partial charge on any atom is 0.226 e. The van der Waals surface area contributed by atoms with E-state index in [0.717, 1.165) is 55.6 Å². The highest BCUT2D eigenvalue weighted by Crippen LogP contribution is 2.23. The molecule has 0 atom stereocenters. The monoisotopic (exact) mass is 397 g/mol. The molecule has 3 heterocycles. The quantitative estimate of drug-likeness (QED) is 0.657. The van der Waals surface area contributed by atoms with E-state index < -0.39 is 0 Å². The Bertz CT molecular complexity index is 901. The van der Waals surface area contributed by atoms with Gasteiger partial charge in [0.05, 0.1) is 18.9 Å². The van der Waals surface area contributed by atoms with Crippen LogP contribution in [0.5, 0.6) is 0 Å². The van der Waals surface area contributed by atoms with E-state index in [4.69, 9.17) is 9.15 Å². The predicted molar refractivity (Wildman–Crippen MR) is 109 cm³/mol. The third-order valence-corrected chi connectivity index (χ3v) is 5.41. The fourth-order valence-electron chi connectivity index (χ4n) is 3.11. The second kappa shape index (κ2) is 9.14. The number of aryl methyl sites for hydroxylation is 1. The molecule has 2 aromatic heterocycles. The summed E-state index contributed by atoms with van der Waals surface area (Å²) in [5, 5.41) is 5.55. The topological polar surface area (TPSA) is 67.6 Å². The normalized spacial score (nSPS) is 14.9. The lowest BCUT2D eigenvalue weighted by Gasteiger charge is -2.25. The van der Waals surface area contributed by atoms with Crippen LogP contribution in [-0.2, 0) is 22.5 Å². The molecule has 0 saturated carbocycles. The Morgan fingerprint density at radius 1 is 1.14 bits per heavy atom. The largest absolute Gasteiger partial charge is 0.461 e. The number of furan rings is 1. The Balaban J connectivity index is 1.25. The number of rotatable bonds is 7. The van der Waals surface area contributed by atoms with Gasteiger partial charge in [0.1, 0.15) is 11.5 Å². The average Bonchev–Trinajstić information content (AvgIpc) is 3.38. The van der Waals surface area contributed by atoms with Crippen molar-refractivity contribution in [3.8, 4) is 11.3 Å². The van der Waals surface area contributed by atoms with Crippen molar-refractivity contribution in [1.29, 1.82) is 0 Å². The molecular weight excluding hydrogens is 374 g/mol. The number of thiazole rings is 1. The number of benzene rings is 1. The van der Waals surface area contributed by atoms with E-state index in [1.165, 1.54) is 11.3 Å². The maximum absolute atomic E-state index is 12.2. The summed E-state index contributed by atoms with van der Waals surface area (Å²) < 4.78 is 11.2. The number of carbonyl (C=O) groups is 1. The van der Waals surface area contributed by atoms with E-state index >= 15 is 0 Å². The Morgan fingerprint density at radius 2 is 1.96 bits per heavy atom. The molecular formula is C21H23N3O3S. The number of hydrogen-bond donors (Lipinski definition) is 1. The van der Waals surface area contributed by atoms with Crippen molar-refractivity contribution in [3.05, 3.63) is 59.3 Å². The minimum Gasteiger partial charge on any atom is -0.461 e. The third kappa shape index (κ3) is 5.07. The van der Waals surface area contributed by atoms with Crippen molar-refractivity contribution in [2.75, 3.05) is 31.6 Å². The molecule has 6 nitrogen and oxygen atoms in total. The number of anilines is 1. The van der Waals surface area contributed by atoms with E-state index in [1.54, 1.807) is 0 Å². The number of morpholine rings is 1. The minimum absolute atomic E-state index is 0.0510. The molecule has 0 aliphatic carbocycles. The second-order valence-electron chi connectivity index (χ2n) is 6.71. The molecule has 0 radical (unpaired) electrons. The van der Waals surface area contributed by atoms with Gasteiger partial charge in [-0.25, -0.2) is 4.98 Å². The Kier molecular flexibility index (Phi) is 6.16. The minimum atomic E-state index is -0.0510. The van der Waals surface area contributed by atoms with Crippen LogP contribution in [0.1, 0.15) is 17.9 Å². The lowest BCUT2D eigenvalue weighted by Crippen LogP contribution is -2.35. The summed E-state index contributed by atoms with van der Waals surface area (Å²) in [5.74, 6) is 1.58. The molecule has 3 aromatic rings. The molecule has 1 saturated heterocycles. The standard InChI is InChI=1S/C21H23N3O3S/c25-20(9-7-18-6-8-19(27-18)16-4-2-1-3-5-16)23-21-22-17(15-28-21)14-24-10-12-26-13-11-24/h1-6,8,15H,7,9-14H2,(H,22,23,25). The van der Waals surface area contributed by atoms with Crippen LogP contribution < -0.4 is 5.32 Å². The van der Waals surface area contributed by atoms with Gasteiger partial charge in [0.15, 0.2) is 5.13 Å². The molecule has 0 spiro atoms. The molecule has 7 heteroatoms. The highest BCUT2D eigenvalue weighted by molar-refractivity contribution is 7.13.